The van der Waals surface area contributed by atoms with Crippen LogP contribution in [-0.2, 0) is 9.59 Å². The molecule has 2 amide bonds. The minimum Gasteiger partial charge on any atom is -0.355 e. The van der Waals surface area contributed by atoms with Gasteiger partial charge in [0.05, 0.1) is 5.69 Å². The monoisotopic (exact) mass is 328 g/mol. The van der Waals surface area contributed by atoms with Gasteiger partial charge in [-0.05, 0) is 47.4 Å². The molecule has 2 N–H and O–H groups in total. The van der Waals surface area contributed by atoms with Gasteiger partial charge in [0.25, 0.3) is 0 Å². The molecule has 0 radical (unpaired) electrons. The fraction of sp³-hybridized carbons (Fsp3) is 0.438. The Balaban J connectivity index is 1.54. The van der Waals surface area contributed by atoms with Gasteiger partial charge in [-0.1, -0.05) is 13.0 Å². The summed E-state index contributed by atoms with van der Waals surface area (Å²) in [5, 5.41) is 16.7. The fourth-order valence-electron chi connectivity index (χ4n) is 2.50. The van der Waals surface area contributed by atoms with Crippen LogP contribution in [-0.4, -0.2) is 38.6 Å². The molecule has 1 fully saturated rings. The van der Waals surface area contributed by atoms with Crippen LogP contribution in [0, 0.1) is 18.8 Å². The van der Waals surface area contributed by atoms with E-state index < -0.39 is 0 Å². The van der Waals surface area contributed by atoms with E-state index in [1.807, 2.05) is 25.1 Å². The average Bonchev–Trinajstić information content (AvgIpc) is 3.06. The van der Waals surface area contributed by atoms with E-state index in [2.05, 4.69) is 33.1 Å². The molecule has 2 aromatic rings. The lowest BCUT2D eigenvalue weighted by molar-refractivity contribution is -0.122. The van der Waals surface area contributed by atoms with Crippen LogP contribution in [0.4, 0.5) is 5.69 Å². The lowest BCUT2D eigenvalue weighted by Crippen LogP contribution is -2.29. The quantitative estimate of drug-likeness (QED) is 0.826. The molecule has 1 aliphatic rings. The van der Waals surface area contributed by atoms with Gasteiger partial charge in [-0.15, -0.1) is 5.10 Å². The third-order valence-corrected chi connectivity index (χ3v) is 4.21. The molecule has 0 aliphatic heterocycles. The summed E-state index contributed by atoms with van der Waals surface area (Å²) in [6.07, 6.45) is 2.67. The molecule has 1 aliphatic carbocycles. The second kappa shape index (κ2) is 6.77. The van der Waals surface area contributed by atoms with E-state index in [4.69, 9.17) is 0 Å². The zero-order valence-corrected chi connectivity index (χ0v) is 13.7. The zero-order valence-electron chi connectivity index (χ0n) is 13.7. The lowest BCUT2D eigenvalue weighted by atomic mass is 10.1. The molecule has 0 unspecified atom stereocenters. The highest BCUT2D eigenvalue weighted by Gasteiger charge is 2.38. The second-order valence-electron chi connectivity index (χ2n) is 6.16. The van der Waals surface area contributed by atoms with E-state index in [1.165, 1.54) is 11.0 Å². The Morgan fingerprint density at radius 1 is 1.38 bits per heavy atom. The van der Waals surface area contributed by atoms with Gasteiger partial charge >= 0.3 is 0 Å². The molecule has 1 aromatic carbocycles. The van der Waals surface area contributed by atoms with Crippen molar-refractivity contribution in [3.63, 3.8) is 0 Å². The van der Waals surface area contributed by atoms with Gasteiger partial charge in [0.1, 0.15) is 6.33 Å². The number of nitrogens with zero attached hydrogens (tertiary/aromatic N) is 4. The van der Waals surface area contributed by atoms with E-state index in [0.717, 1.165) is 17.7 Å². The number of carbonyl (C=O) groups is 2. The summed E-state index contributed by atoms with van der Waals surface area (Å²) in [5.74, 6) is 0.502. The van der Waals surface area contributed by atoms with Crippen molar-refractivity contribution in [1.29, 1.82) is 0 Å². The summed E-state index contributed by atoms with van der Waals surface area (Å²) in [6.45, 7) is 4.31. The molecule has 1 saturated carbocycles. The topological polar surface area (TPSA) is 102 Å². The number of rotatable bonds is 6. The molecule has 8 heteroatoms. The number of nitrogens with one attached hydrogen (secondary N) is 2. The first kappa shape index (κ1) is 16.1. The highest BCUT2D eigenvalue weighted by atomic mass is 16.2. The second-order valence-corrected chi connectivity index (χ2v) is 6.16. The van der Waals surface area contributed by atoms with Crippen molar-refractivity contribution in [2.75, 3.05) is 11.9 Å². The summed E-state index contributed by atoms with van der Waals surface area (Å²) >= 11 is 0. The van der Waals surface area contributed by atoms with E-state index in [0.29, 0.717) is 18.2 Å². The number of aryl methyl sites for hydroxylation is 1. The zero-order chi connectivity index (χ0) is 17.1. The predicted octanol–water partition coefficient (Wildman–Crippen LogP) is 1.07. The molecule has 24 heavy (non-hydrogen) atoms. The molecule has 1 aromatic heterocycles. The van der Waals surface area contributed by atoms with E-state index in [-0.39, 0.29) is 24.2 Å². The van der Waals surface area contributed by atoms with Crippen molar-refractivity contribution in [2.24, 2.45) is 11.8 Å². The number of anilines is 1. The number of carbonyl (C=O) groups excluding carboxylic acids is 2. The van der Waals surface area contributed by atoms with Gasteiger partial charge in [-0.2, -0.15) is 0 Å². The standard InChI is InChI=1S/C16H20N6O2/c1-10-3-4-12(22-9-18-20-21-22)8-14(10)19-15(23)5-6-17-16(24)13-7-11(13)2/h3-4,8-9,11,13H,5-7H2,1-2H3,(H,17,24)(H,19,23)/t11-,13+/m0/s1. The average molecular weight is 328 g/mol. The molecule has 126 valence electrons. The SMILES string of the molecule is Cc1ccc(-n2cnnn2)cc1NC(=O)CCNC(=O)[C@@H]1C[C@@H]1C. The van der Waals surface area contributed by atoms with Gasteiger partial charge in [0.2, 0.25) is 11.8 Å². The number of hydrogen-bond acceptors (Lipinski definition) is 5. The minimum absolute atomic E-state index is 0.0483. The van der Waals surface area contributed by atoms with Crippen molar-refractivity contribution in [3.05, 3.63) is 30.1 Å². The number of tetrazole rings is 1. The van der Waals surface area contributed by atoms with Gasteiger partial charge in [-0.25, -0.2) is 4.68 Å². The van der Waals surface area contributed by atoms with Crippen molar-refractivity contribution in [1.82, 2.24) is 25.5 Å². The van der Waals surface area contributed by atoms with Crippen LogP contribution in [0.1, 0.15) is 25.3 Å². The molecule has 3 rings (SSSR count). The van der Waals surface area contributed by atoms with E-state index in [9.17, 15) is 9.59 Å². The number of benzene rings is 1. The summed E-state index contributed by atoms with van der Waals surface area (Å²) in [6, 6.07) is 5.58. The third kappa shape index (κ3) is 3.76. The molecule has 0 bridgehead atoms. The molecule has 8 nitrogen and oxygen atoms in total. The van der Waals surface area contributed by atoms with Crippen molar-refractivity contribution < 1.29 is 9.59 Å². The molecule has 2 atom stereocenters. The molecule has 0 saturated heterocycles. The highest BCUT2D eigenvalue weighted by Crippen LogP contribution is 2.37. The van der Waals surface area contributed by atoms with E-state index in [1.54, 1.807) is 0 Å². The van der Waals surface area contributed by atoms with Crippen LogP contribution in [0.3, 0.4) is 0 Å². The molecule has 1 heterocycles. The maximum atomic E-state index is 12.1. The normalized spacial score (nSPS) is 18.9. The Hall–Kier alpha value is -2.77. The molecule has 0 spiro atoms. The lowest BCUT2D eigenvalue weighted by Gasteiger charge is -2.11. The van der Waals surface area contributed by atoms with Crippen molar-refractivity contribution in [2.45, 2.75) is 26.7 Å². The Kier molecular flexibility index (Phi) is 4.54. The van der Waals surface area contributed by atoms with Gasteiger partial charge < -0.3 is 10.6 Å². The van der Waals surface area contributed by atoms with Crippen LogP contribution < -0.4 is 10.6 Å². The van der Waals surface area contributed by atoms with Crippen LogP contribution in [0.2, 0.25) is 0 Å². The smallest absolute Gasteiger partial charge is 0.226 e. The van der Waals surface area contributed by atoms with E-state index >= 15 is 0 Å². The summed E-state index contributed by atoms with van der Waals surface area (Å²) < 4.78 is 1.52. The predicted molar refractivity (Wildman–Crippen MR) is 87.4 cm³/mol. The van der Waals surface area contributed by atoms with Crippen molar-refractivity contribution >= 4 is 17.5 Å². The fourth-order valence-corrected chi connectivity index (χ4v) is 2.50. The maximum absolute atomic E-state index is 12.1. The maximum Gasteiger partial charge on any atom is 0.226 e. The number of aromatic nitrogens is 4. The minimum atomic E-state index is -0.142. The number of hydrogen-bond donors (Lipinski definition) is 2. The van der Waals surface area contributed by atoms with Gasteiger partial charge in [0.15, 0.2) is 0 Å². The first-order valence-electron chi connectivity index (χ1n) is 7.96. The van der Waals surface area contributed by atoms with Crippen LogP contribution in [0.15, 0.2) is 24.5 Å². The third-order valence-electron chi connectivity index (χ3n) is 4.21. The Morgan fingerprint density at radius 2 is 2.17 bits per heavy atom. The molecular formula is C16H20N6O2. The Morgan fingerprint density at radius 3 is 2.83 bits per heavy atom. The summed E-state index contributed by atoms with van der Waals surface area (Å²) in [4.78, 5) is 23.8. The Bertz CT molecular complexity index is 743. The summed E-state index contributed by atoms with van der Waals surface area (Å²) in [5.41, 5.74) is 2.41. The largest absolute Gasteiger partial charge is 0.355 e. The van der Waals surface area contributed by atoms with Gasteiger partial charge in [0, 0.05) is 24.6 Å². The van der Waals surface area contributed by atoms with Crippen LogP contribution in [0.25, 0.3) is 5.69 Å². The summed E-state index contributed by atoms with van der Waals surface area (Å²) in [7, 11) is 0. The van der Waals surface area contributed by atoms with Gasteiger partial charge in [-0.3, -0.25) is 9.59 Å². The Labute approximate surface area is 139 Å². The van der Waals surface area contributed by atoms with Crippen molar-refractivity contribution in [3.8, 4) is 5.69 Å². The number of amides is 2. The van der Waals surface area contributed by atoms with Crippen LogP contribution >= 0.6 is 0 Å². The highest BCUT2D eigenvalue weighted by molar-refractivity contribution is 5.92. The first-order chi connectivity index (χ1) is 11.5. The first-order valence-corrected chi connectivity index (χ1v) is 7.96. The van der Waals surface area contributed by atoms with Crippen LogP contribution in [0.5, 0.6) is 0 Å². The molecular weight excluding hydrogens is 308 g/mol.